The summed E-state index contributed by atoms with van der Waals surface area (Å²) in [5, 5.41) is 0. The minimum atomic E-state index is -0.0640. The van der Waals surface area contributed by atoms with Gasteiger partial charge in [-0.25, -0.2) is 0 Å². The average molecular weight is 239 g/mol. The smallest absolute Gasteiger partial charge is 0.0944 e. The average Bonchev–Trinajstić information content (AvgIpc) is 2.13. The van der Waals surface area contributed by atoms with E-state index in [0.717, 1.165) is 6.61 Å². The number of ether oxygens (including phenoxy) is 2. The summed E-state index contributed by atoms with van der Waals surface area (Å²) < 4.78 is 11.1. The van der Waals surface area contributed by atoms with E-state index in [0.29, 0.717) is 18.4 Å². The Morgan fingerprint density at radius 3 is 1.86 bits per heavy atom. The molecular weight excluding hydrogens is 223 g/mol. The fourth-order valence-electron chi connectivity index (χ4n) is 2.10. The third-order valence-electron chi connectivity index (χ3n) is 3.37. The van der Waals surface area contributed by atoms with Gasteiger partial charge in [-0.2, -0.15) is 0 Å². The zero-order valence-electron chi connectivity index (χ0n) is 8.56. The van der Waals surface area contributed by atoms with Crippen LogP contribution in [0, 0.1) is 10.8 Å². The van der Waals surface area contributed by atoms with Gasteiger partial charge in [0.15, 0.2) is 0 Å². The van der Waals surface area contributed by atoms with E-state index in [1.807, 2.05) is 0 Å². The van der Waals surface area contributed by atoms with Crippen molar-refractivity contribution in [3.05, 3.63) is 0 Å². The zero-order valence-corrected chi connectivity index (χ0v) is 10.1. The Balaban J connectivity index is 2.06. The third-order valence-corrected chi connectivity index (χ3v) is 4.43. The largest absolute Gasteiger partial charge is 0.374 e. The fraction of sp³-hybridized carbons (Fsp3) is 1.00. The Labute approximate surface area is 94.8 Å². The van der Waals surface area contributed by atoms with Gasteiger partial charge in [0.2, 0.25) is 0 Å². The summed E-state index contributed by atoms with van der Waals surface area (Å²) in [6.45, 7) is 5.85. The minimum absolute atomic E-state index is 0.0640. The molecule has 0 saturated carbocycles. The fourth-order valence-corrected chi connectivity index (χ4v) is 2.84. The van der Waals surface area contributed by atoms with Crippen molar-refractivity contribution in [3.8, 4) is 0 Å². The van der Waals surface area contributed by atoms with Crippen molar-refractivity contribution < 1.29 is 9.47 Å². The molecular formula is C10H16Cl2O2. The van der Waals surface area contributed by atoms with E-state index in [4.69, 9.17) is 32.7 Å². The predicted molar refractivity (Wildman–Crippen MR) is 57.1 cm³/mol. The van der Waals surface area contributed by atoms with E-state index in [1.54, 1.807) is 0 Å². The van der Waals surface area contributed by atoms with Crippen LogP contribution in [0.3, 0.4) is 0 Å². The van der Waals surface area contributed by atoms with Crippen LogP contribution in [0.2, 0.25) is 0 Å². The highest BCUT2D eigenvalue weighted by atomic mass is 35.5. The summed E-state index contributed by atoms with van der Waals surface area (Å²) in [7, 11) is 0. The molecule has 2 aliphatic rings. The number of halogens is 2. The van der Waals surface area contributed by atoms with Crippen molar-refractivity contribution in [1.29, 1.82) is 0 Å². The van der Waals surface area contributed by atoms with Crippen LogP contribution in [0.15, 0.2) is 0 Å². The molecule has 2 heterocycles. The Morgan fingerprint density at radius 2 is 1.64 bits per heavy atom. The maximum absolute atomic E-state index is 5.95. The van der Waals surface area contributed by atoms with Gasteiger partial charge in [0.05, 0.1) is 25.4 Å². The first kappa shape index (κ1) is 11.0. The summed E-state index contributed by atoms with van der Waals surface area (Å²) in [6.07, 6.45) is 0.245. The standard InChI is InChI=1S/C10H16Cl2O2/c1-9(2)5-13-7(9)8-10(3-11,4-12)6-14-8/h7-8H,3-6H2,1-2H3. The minimum Gasteiger partial charge on any atom is -0.374 e. The lowest BCUT2D eigenvalue weighted by molar-refractivity contribution is -0.295. The van der Waals surface area contributed by atoms with Gasteiger partial charge < -0.3 is 9.47 Å². The number of hydrogen-bond acceptors (Lipinski definition) is 2. The van der Waals surface area contributed by atoms with Gasteiger partial charge in [-0.05, 0) is 0 Å². The first-order valence-electron chi connectivity index (χ1n) is 4.91. The summed E-state index contributed by atoms with van der Waals surface area (Å²) in [5.41, 5.74) is 0.139. The molecule has 0 spiro atoms. The predicted octanol–water partition coefficient (Wildman–Crippen LogP) is 2.27. The van der Waals surface area contributed by atoms with Crippen molar-refractivity contribution in [1.82, 2.24) is 0 Å². The van der Waals surface area contributed by atoms with Gasteiger partial charge >= 0.3 is 0 Å². The molecule has 2 unspecified atom stereocenters. The van der Waals surface area contributed by atoms with E-state index >= 15 is 0 Å². The van der Waals surface area contributed by atoms with Gasteiger partial charge in [0.25, 0.3) is 0 Å². The molecule has 2 rings (SSSR count). The Morgan fingerprint density at radius 1 is 1.07 bits per heavy atom. The lowest BCUT2D eigenvalue weighted by Crippen LogP contribution is -2.68. The van der Waals surface area contributed by atoms with E-state index in [-0.39, 0.29) is 23.0 Å². The van der Waals surface area contributed by atoms with Crippen molar-refractivity contribution in [2.24, 2.45) is 10.8 Å². The van der Waals surface area contributed by atoms with Crippen molar-refractivity contribution in [2.75, 3.05) is 25.0 Å². The second kappa shape index (κ2) is 3.51. The summed E-state index contributed by atoms with van der Waals surface area (Å²) >= 11 is 11.9. The summed E-state index contributed by atoms with van der Waals surface area (Å²) in [6, 6.07) is 0. The molecule has 0 radical (unpaired) electrons. The van der Waals surface area contributed by atoms with Crippen LogP contribution in [-0.4, -0.2) is 37.2 Å². The molecule has 0 aromatic carbocycles. The lowest BCUT2D eigenvalue weighted by atomic mass is 9.69. The molecule has 2 aliphatic heterocycles. The Bertz CT molecular complexity index is 221. The van der Waals surface area contributed by atoms with Crippen LogP contribution in [0.1, 0.15) is 13.8 Å². The van der Waals surface area contributed by atoms with Crippen LogP contribution in [0.25, 0.3) is 0 Å². The van der Waals surface area contributed by atoms with Crippen molar-refractivity contribution in [3.63, 3.8) is 0 Å². The van der Waals surface area contributed by atoms with Gasteiger partial charge in [-0.15, -0.1) is 23.2 Å². The molecule has 0 aromatic heterocycles. The maximum Gasteiger partial charge on any atom is 0.0944 e. The number of rotatable bonds is 3. The molecule has 2 nitrogen and oxygen atoms in total. The Kier molecular flexibility index (Phi) is 2.76. The van der Waals surface area contributed by atoms with E-state index in [9.17, 15) is 0 Å². The topological polar surface area (TPSA) is 18.5 Å². The maximum atomic E-state index is 5.95. The quantitative estimate of drug-likeness (QED) is 0.703. The van der Waals surface area contributed by atoms with Gasteiger partial charge in [-0.1, -0.05) is 13.8 Å². The van der Waals surface area contributed by atoms with Gasteiger partial charge in [0.1, 0.15) is 0 Å². The molecule has 14 heavy (non-hydrogen) atoms. The Hall–Kier alpha value is 0.500. The normalized spacial score (nSPS) is 38.6. The number of hydrogen-bond donors (Lipinski definition) is 0. The molecule has 0 bridgehead atoms. The second-order valence-corrected chi connectivity index (χ2v) is 5.62. The molecule has 0 aliphatic carbocycles. The van der Waals surface area contributed by atoms with E-state index < -0.39 is 0 Å². The molecule has 2 atom stereocenters. The monoisotopic (exact) mass is 238 g/mol. The van der Waals surface area contributed by atoms with Crippen molar-refractivity contribution in [2.45, 2.75) is 26.1 Å². The SMILES string of the molecule is CC1(C)COC1C1OCC1(CCl)CCl. The first-order chi connectivity index (χ1) is 6.56. The molecule has 4 heteroatoms. The molecule has 0 aromatic rings. The molecule has 2 fully saturated rings. The molecule has 2 saturated heterocycles. The van der Waals surface area contributed by atoms with Crippen LogP contribution in [-0.2, 0) is 9.47 Å². The van der Waals surface area contributed by atoms with Crippen LogP contribution >= 0.6 is 23.2 Å². The van der Waals surface area contributed by atoms with Crippen LogP contribution in [0.5, 0.6) is 0 Å². The molecule has 0 amide bonds. The highest BCUT2D eigenvalue weighted by Gasteiger charge is 2.58. The van der Waals surface area contributed by atoms with Crippen LogP contribution in [0.4, 0.5) is 0 Å². The first-order valence-corrected chi connectivity index (χ1v) is 5.98. The van der Waals surface area contributed by atoms with Gasteiger partial charge in [0, 0.05) is 22.6 Å². The lowest BCUT2D eigenvalue weighted by Gasteiger charge is -2.58. The molecule has 0 N–H and O–H groups in total. The van der Waals surface area contributed by atoms with Gasteiger partial charge in [-0.3, -0.25) is 0 Å². The molecule has 82 valence electrons. The number of alkyl halides is 2. The highest BCUT2D eigenvalue weighted by Crippen LogP contribution is 2.48. The third kappa shape index (κ3) is 1.39. The van der Waals surface area contributed by atoms with E-state index in [1.165, 1.54) is 0 Å². The van der Waals surface area contributed by atoms with Crippen molar-refractivity contribution >= 4 is 23.2 Å². The highest BCUT2D eigenvalue weighted by molar-refractivity contribution is 6.21. The summed E-state index contributed by atoms with van der Waals surface area (Å²) in [5.74, 6) is 1.11. The summed E-state index contributed by atoms with van der Waals surface area (Å²) in [4.78, 5) is 0. The van der Waals surface area contributed by atoms with Crippen LogP contribution < -0.4 is 0 Å². The van der Waals surface area contributed by atoms with E-state index in [2.05, 4.69) is 13.8 Å². The zero-order chi connectivity index (χ0) is 10.4. The second-order valence-electron chi connectivity index (χ2n) is 5.08.